The van der Waals surface area contributed by atoms with Gasteiger partial charge in [0.05, 0.1) is 0 Å². The molecule has 0 aromatic carbocycles. The Labute approximate surface area is 117 Å². The van der Waals surface area contributed by atoms with Crippen molar-refractivity contribution >= 4 is 10.2 Å². The highest BCUT2D eigenvalue weighted by Gasteiger charge is 2.39. The SMILES string of the molecule is C[C@@H]1CCCN(S(=O)(=O)N2CCC[C@H](C)[C@H]2CN)C1. The average Bonchev–Trinajstić information content (AvgIpc) is 2.38. The van der Waals surface area contributed by atoms with Gasteiger partial charge < -0.3 is 5.73 Å². The highest BCUT2D eigenvalue weighted by molar-refractivity contribution is 7.86. The summed E-state index contributed by atoms with van der Waals surface area (Å²) in [6.07, 6.45) is 4.12. The number of hydrogen-bond donors (Lipinski definition) is 1. The van der Waals surface area contributed by atoms with Crippen LogP contribution in [0.1, 0.15) is 39.5 Å². The van der Waals surface area contributed by atoms with Crippen molar-refractivity contribution < 1.29 is 8.42 Å². The van der Waals surface area contributed by atoms with E-state index in [4.69, 9.17) is 5.73 Å². The monoisotopic (exact) mass is 289 g/mol. The highest BCUT2D eigenvalue weighted by Crippen LogP contribution is 2.28. The van der Waals surface area contributed by atoms with E-state index in [2.05, 4.69) is 13.8 Å². The fraction of sp³-hybridized carbons (Fsp3) is 1.00. The molecule has 2 N–H and O–H groups in total. The van der Waals surface area contributed by atoms with Crippen molar-refractivity contribution in [1.82, 2.24) is 8.61 Å². The minimum Gasteiger partial charge on any atom is -0.329 e. The topological polar surface area (TPSA) is 66.6 Å². The summed E-state index contributed by atoms with van der Waals surface area (Å²) in [7, 11) is -3.33. The Balaban J connectivity index is 2.17. The first-order valence-corrected chi connectivity index (χ1v) is 8.83. The molecule has 0 unspecified atom stereocenters. The molecule has 2 saturated heterocycles. The Morgan fingerprint density at radius 1 is 1.16 bits per heavy atom. The average molecular weight is 289 g/mol. The van der Waals surface area contributed by atoms with E-state index in [1.54, 1.807) is 8.61 Å². The standard InChI is InChI=1S/C13H27N3O2S/c1-11-5-3-7-15(10-11)19(17,18)16-8-4-6-12(2)13(16)9-14/h11-13H,3-10,14H2,1-2H3/t11-,12+,13-/m1/s1. The maximum atomic E-state index is 12.8. The molecule has 0 aromatic rings. The van der Waals surface area contributed by atoms with Crippen LogP contribution >= 0.6 is 0 Å². The second-order valence-electron chi connectivity index (χ2n) is 6.15. The number of nitrogens with two attached hydrogens (primary N) is 1. The highest BCUT2D eigenvalue weighted by atomic mass is 32.2. The molecule has 2 rings (SSSR count). The number of rotatable bonds is 3. The Morgan fingerprint density at radius 2 is 1.84 bits per heavy atom. The van der Waals surface area contributed by atoms with E-state index < -0.39 is 10.2 Å². The van der Waals surface area contributed by atoms with Crippen molar-refractivity contribution in [3.8, 4) is 0 Å². The van der Waals surface area contributed by atoms with Crippen molar-refractivity contribution in [2.24, 2.45) is 17.6 Å². The molecule has 0 spiro atoms. The normalized spacial score (nSPS) is 35.4. The quantitative estimate of drug-likeness (QED) is 0.843. The van der Waals surface area contributed by atoms with E-state index in [9.17, 15) is 8.42 Å². The van der Waals surface area contributed by atoms with E-state index in [-0.39, 0.29) is 6.04 Å². The van der Waals surface area contributed by atoms with Gasteiger partial charge in [-0.25, -0.2) is 0 Å². The third-order valence-corrected chi connectivity index (χ3v) is 6.58. The minimum atomic E-state index is -3.33. The van der Waals surface area contributed by atoms with E-state index in [0.29, 0.717) is 38.0 Å². The molecule has 0 radical (unpaired) electrons. The molecule has 112 valence electrons. The first-order chi connectivity index (χ1) is 8.96. The van der Waals surface area contributed by atoms with Crippen LogP contribution in [0.25, 0.3) is 0 Å². The fourth-order valence-electron chi connectivity index (χ4n) is 3.35. The van der Waals surface area contributed by atoms with Crippen LogP contribution < -0.4 is 5.73 Å². The van der Waals surface area contributed by atoms with Gasteiger partial charge in [0.15, 0.2) is 0 Å². The number of nitrogens with zero attached hydrogens (tertiary/aromatic N) is 2. The van der Waals surface area contributed by atoms with Crippen molar-refractivity contribution in [3.63, 3.8) is 0 Å². The van der Waals surface area contributed by atoms with Gasteiger partial charge in [-0.1, -0.05) is 13.8 Å². The Hall–Kier alpha value is -0.170. The van der Waals surface area contributed by atoms with Crippen LogP contribution in [0.4, 0.5) is 0 Å². The van der Waals surface area contributed by atoms with Gasteiger partial charge in [0.2, 0.25) is 0 Å². The number of hydrogen-bond acceptors (Lipinski definition) is 3. The van der Waals surface area contributed by atoms with Crippen LogP contribution in [0.5, 0.6) is 0 Å². The molecule has 3 atom stereocenters. The molecule has 0 aromatic heterocycles. The maximum absolute atomic E-state index is 12.8. The predicted octanol–water partition coefficient (Wildman–Crippen LogP) is 1.02. The molecule has 2 aliphatic rings. The summed E-state index contributed by atoms with van der Waals surface area (Å²) in [4.78, 5) is 0. The van der Waals surface area contributed by atoms with Crippen LogP contribution in [0, 0.1) is 11.8 Å². The van der Waals surface area contributed by atoms with Gasteiger partial charge in [-0.05, 0) is 37.5 Å². The van der Waals surface area contributed by atoms with Crippen molar-refractivity contribution in [2.75, 3.05) is 26.2 Å². The molecule has 6 heteroatoms. The van der Waals surface area contributed by atoms with Crippen molar-refractivity contribution in [3.05, 3.63) is 0 Å². The molecule has 5 nitrogen and oxygen atoms in total. The van der Waals surface area contributed by atoms with Gasteiger partial charge in [-0.2, -0.15) is 17.0 Å². The molecule has 2 aliphatic heterocycles. The summed E-state index contributed by atoms with van der Waals surface area (Å²) in [6.45, 7) is 6.60. The van der Waals surface area contributed by atoms with E-state index in [0.717, 1.165) is 25.7 Å². The van der Waals surface area contributed by atoms with Crippen LogP contribution in [0.2, 0.25) is 0 Å². The second kappa shape index (κ2) is 6.08. The lowest BCUT2D eigenvalue weighted by molar-refractivity contribution is 0.171. The van der Waals surface area contributed by atoms with Crippen LogP contribution in [0.3, 0.4) is 0 Å². The van der Waals surface area contributed by atoms with Crippen LogP contribution in [0.15, 0.2) is 0 Å². The molecular weight excluding hydrogens is 262 g/mol. The fourth-order valence-corrected chi connectivity index (χ4v) is 5.45. The molecule has 0 aliphatic carbocycles. The molecule has 0 amide bonds. The zero-order valence-electron chi connectivity index (χ0n) is 12.1. The molecule has 0 bridgehead atoms. The smallest absolute Gasteiger partial charge is 0.282 e. The van der Waals surface area contributed by atoms with Crippen molar-refractivity contribution in [1.29, 1.82) is 0 Å². The van der Waals surface area contributed by atoms with Gasteiger partial charge in [0.1, 0.15) is 0 Å². The van der Waals surface area contributed by atoms with Gasteiger partial charge in [-0.15, -0.1) is 0 Å². The van der Waals surface area contributed by atoms with Gasteiger partial charge in [0.25, 0.3) is 10.2 Å². The Bertz CT molecular complexity index is 399. The summed E-state index contributed by atoms with van der Waals surface area (Å²) < 4.78 is 28.9. The summed E-state index contributed by atoms with van der Waals surface area (Å²) in [5.41, 5.74) is 5.81. The van der Waals surface area contributed by atoms with Crippen molar-refractivity contribution in [2.45, 2.75) is 45.6 Å². The van der Waals surface area contributed by atoms with Crippen LogP contribution in [-0.4, -0.2) is 49.2 Å². The lowest BCUT2D eigenvalue weighted by Crippen LogP contribution is -2.56. The van der Waals surface area contributed by atoms with E-state index in [1.165, 1.54) is 0 Å². The Morgan fingerprint density at radius 3 is 2.47 bits per heavy atom. The van der Waals surface area contributed by atoms with Gasteiger partial charge >= 0.3 is 0 Å². The summed E-state index contributed by atoms with van der Waals surface area (Å²) in [5, 5.41) is 0. The molecule has 19 heavy (non-hydrogen) atoms. The molecule has 2 fully saturated rings. The van der Waals surface area contributed by atoms with Gasteiger partial charge in [-0.3, -0.25) is 0 Å². The van der Waals surface area contributed by atoms with Gasteiger partial charge in [0, 0.05) is 32.2 Å². The summed E-state index contributed by atoms with van der Waals surface area (Å²) in [5.74, 6) is 0.817. The predicted molar refractivity (Wildman–Crippen MR) is 76.8 cm³/mol. The Kier molecular flexibility index (Phi) is 4.87. The first kappa shape index (κ1) is 15.2. The zero-order valence-corrected chi connectivity index (χ0v) is 12.9. The van der Waals surface area contributed by atoms with E-state index in [1.807, 2.05) is 0 Å². The lowest BCUT2D eigenvalue weighted by Gasteiger charge is -2.42. The lowest BCUT2D eigenvalue weighted by atomic mass is 9.93. The number of piperidine rings is 2. The minimum absolute atomic E-state index is 0.0315. The van der Waals surface area contributed by atoms with E-state index >= 15 is 0 Å². The summed E-state index contributed by atoms with van der Waals surface area (Å²) in [6, 6.07) is -0.0315. The largest absolute Gasteiger partial charge is 0.329 e. The molecule has 2 heterocycles. The maximum Gasteiger partial charge on any atom is 0.282 e. The third kappa shape index (κ3) is 3.12. The third-order valence-electron chi connectivity index (χ3n) is 4.55. The molecule has 0 saturated carbocycles. The second-order valence-corrected chi connectivity index (χ2v) is 8.03. The first-order valence-electron chi connectivity index (χ1n) is 7.43. The van der Waals surface area contributed by atoms with Crippen LogP contribution in [-0.2, 0) is 10.2 Å². The zero-order chi connectivity index (χ0) is 14.0. The molecular formula is C13H27N3O2S. The summed E-state index contributed by atoms with van der Waals surface area (Å²) >= 11 is 0.